The van der Waals surface area contributed by atoms with Crippen LogP contribution in [0.2, 0.25) is 0 Å². The molecule has 0 bridgehead atoms. The highest BCUT2D eigenvalue weighted by molar-refractivity contribution is 6.00. The first-order valence-corrected chi connectivity index (χ1v) is 8.40. The van der Waals surface area contributed by atoms with Crippen molar-refractivity contribution in [2.45, 2.75) is 46.0 Å². The van der Waals surface area contributed by atoms with E-state index in [-0.39, 0.29) is 22.9 Å². The van der Waals surface area contributed by atoms with Crippen LogP contribution in [0.25, 0.3) is 0 Å². The molecule has 2 aliphatic rings. The Labute approximate surface area is 141 Å². The highest BCUT2D eigenvalue weighted by Crippen LogP contribution is 2.49. The monoisotopic (exact) mass is 324 g/mol. The van der Waals surface area contributed by atoms with Gasteiger partial charge in [-0.1, -0.05) is 31.6 Å². The number of H-pyrrole nitrogens is 1. The fraction of sp³-hybridized carbons (Fsp3) is 0.400. The van der Waals surface area contributed by atoms with Crippen LogP contribution in [0.1, 0.15) is 55.1 Å². The average Bonchev–Trinajstić information content (AvgIpc) is 2.85. The van der Waals surface area contributed by atoms with Gasteiger partial charge in [0.05, 0.1) is 5.69 Å². The van der Waals surface area contributed by atoms with Crippen LogP contribution in [-0.2, 0) is 11.2 Å². The van der Waals surface area contributed by atoms with Gasteiger partial charge in [0, 0.05) is 35.6 Å². The summed E-state index contributed by atoms with van der Waals surface area (Å²) in [5, 5.41) is 7.51. The second-order valence-electron chi connectivity index (χ2n) is 7.83. The molecule has 3 nitrogen and oxygen atoms in total. The van der Waals surface area contributed by atoms with Crippen LogP contribution >= 0.6 is 0 Å². The molecule has 1 aromatic carbocycles. The Balaban J connectivity index is 1.95. The molecule has 0 spiro atoms. The molecule has 24 heavy (non-hydrogen) atoms. The highest BCUT2D eigenvalue weighted by Gasteiger charge is 2.41. The standard InChI is InChI=1S/C20H21FN2O/c1-11-17-15(23-22-11)8-13-9-20(2,3)10-16(24)18(13)19(17)12-5-4-6-14(21)7-12/h4-7,19H,8-10H2,1-3H3,(H,22,23). The number of aromatic amines is 1. The quantitative estimate of drug-likeness (QED) is 0.853. The first kappa shape index (κ1) is 15.3. The molecule has 0 radical (unpaired) electrons. The van der Waals surface area contributed by atoms with Crippen LogP contribution < -0.4 is 0 Å². The predicted molar refractivity (Wildman–Crippen MR) is 90.3 cm³/mol. The summed E-state index contributed by atoms with van der Waals surface area (Å²) in [4.78, 5) is 13.0. The number of rotatable bonds is 1. The molecule has 0 aliphatic heterocycles. The van der Waals surface area contributed by atoms with Gasteiger partial charge >= 0.3 is 0 Å². The number of nitrogens with one attached hydrogen (secondary N) is 1. The van der Waals surface area contributed by atoms with E-state index in [1.165, 1.54) is 11.6 Å². The molecular formula is C20H21FN2O. The number of aromatic nitrogens is 2. The minimum Gasteiger partial charge on any atom is -0.294 e. The van der Waals surface area contributed by atoms with Crippen LogP contribution in [0.5, 0.6) is 0 Å². The van der Waals surface area contributed by atoms with Gasteiger partial charge in [-0.2, -0.15) is 5.10 Å². The van der Waals surface area contributed by atoms with E-state index in [1.807, 2.05) is 13.0 Å². The molecule has 0 fully saturated rings. The van der Waals surface area contributed by atoms with Crippen LogP contribution in [0.3, 0.4) is 0 Å². The smallest absolute Gasteiger partial charge is 0.160 e. The molecule has 0 saturated heterocycles. The fourth-order valence-electron chi connectivity index (χ4n) is 4.36. The number of fused-ring (bicyclic) bond motifs is 1. The van der Waals surface area contributed by atoms with E-state index in [4.69, 9.17) is 0 Å². The molecule has 2 aliphatic carbocycles. The summed E-state index contributed by atoms with van der Waals surface area (Å²) in [7, 11) is 0. The van der Waals surface area contributed by atoms with E-state index in [0.717, 1.165) is 40.9 Å². The maximum Gasteiger partial charge on any atom is 0.160 e. The molecular weight excluding hydrogens is 303 g/mol. The number of hydrogen-bond donors (Lipinski definition) is 1. The minimum absolute atomic E-state index is 0.0226. The molecule has 2 aromatic rings. The van der Waals surface area contributed by atoms with E-state index in [9.17, 15) is 9.18 Å². The van der Waals surface area contributed by atoms with E-state index in [0.29, 0.717) is 6.42 Å². The third kappa shape index (κ3) is 2.32. The van der Waals surface area contributed by atoms with Crippen molar-refractivity contribution in [3.05, 3.63) is 63.7 Å². The van der Waals surface area contributed by atoms with Gasteiger partial charge in [0.25, 0.3) is 0 Å². The molecule has 1 N–H and O–H groups in total. The van der Waals surface area contributed by atoms with Gasteiger partial charge in [0.15, 0.2) is 5.78 Å². The number of Topliss-reactive ketones (excluding diaryl/α,β-unsaturated/α-hetero) is 1. The van der Waals surface area contributed by atoms with Crippen molar-refractivity contribution in [1.82, 2.24) is 10.2 Å². The largest absolute Gasteiger partial charge is 0.294 e. The Morgan fingerprint density at radius 3 is 2.83 bits per heavy atom. The highest BCUT2D eigenvalue weighted by atomic mass is 19.1. The number of aryl methyl sites for hydroxylation is 1. The van der Waals surface area contributed by atoms with Gasteiger partial charge in [-0.25, -0.2) is 4.39 Å². The summed E-state index contributed by atoms with van der Waals surface area (Å²) in [6, 6.07) is 6.61. The Kier molecular flexibility index (Phi) is 3.27. The van der Waals surface area contributed by atoms with Crippen molar-refractivity contribution in [2.24, 2.45) is 5.41 Å². The topological polar surface area (TPSA) is 45.8 Å². The maximum absolute atomic E-state index is 13.8. The van der Waals surface area contributed by atoms with Gasteiger partial charge < -0.3 is 0 Å². The fourth-order valence-corrected chi connectivity index (χ4v) is 4.36. The molecule has 1 unspecified atom stereocenters. The SMILES string of the molecule is Cc1[nH]nc2c1C(c1cccc(F)c1)C1=C(C2)CC(C)(C)CC1=O. The van der Waals surface area contributed by atoms with Crippen LogP contribution in [0.15, 0.2) is 35.4 Å². The predicted octanol–water partition coefficient (Wildman–Crippen LogP) is 4.23. The minimum atomic E-state index is -0.272. The lowest BCUT2D eigenvalue weighted by Crippen LogP contribution is -2.32. The van der Waals surface area contributed by atoms with Crippen LogP contribution in [-0.4, -0.2) is 16.0 Å². The second kappa shape index (κ2) is 5.13. The lowest BCUT2D eigenvalue weighted by molar-refractivity contribution is -0.118. The number of allylic oxidation sites excluding steroid dienone is 2. The molecule has 4 heteroatoms. The van der Waals surface area contributed by atoms with Crippen LogP contribution in [0, 0.1) is 18.2 Å². The van der Waals surface area contributed by atoms with E-state index in [2.05, 4.69) is 24.0 Å². The number of nitrogens with zero attached hydrogens (tertiary/aromatic N) is 1. The van der Waals surface area contributed by atoms with Gasteiger partial charge in [-0.15, -0.1) is 0 Å². The molecule has 124 valence electrons. The van der Waals surface area contributed by atoms with Gasteiger partial charge in [-0.3, -0.25) is 9.89 Å². The first-order chi connectivity index (χ1) is 11.4. The van der Waals surface area contributed by atoms with Gasteiger partial charge in [-0.05, 0) is 36.5 Å². The number of carbonyl (C=O) groups excluding carboxylic acids is 1. The average molecular weight is 324 g/mol. The van der Waals surface area contributed by atoms with Crippen LogP contribution in [0.4, 0.5) is 4.39 Å². The molecule has 4 rings (SSSR count). The lowest BCUT2D eigenvalue weighted by atomic mass is 9.65. The third-order valence-electron chi connectivity index (χ3n) is 5.23. The van der Waals surface area contributed by atoms with E-state index < -0.39 is 0 Å². The summed E-state index contributed by atoms with van der Waals surface area (Å²) in [6.45, 7) is 6.25. The summed E-state index contributed by atoms with van der Waals surface area (Å²) in [6.07, 6.45) is 2.16. The van der Waals surface area contributed by atoms with E-state index >= 15 is 0 Å². The summed E-state index contributed by atoms with van der Waals surface area (Å²) < 4.78 is 13.8. The number of carbonyl (C=O) groups is 1. The Morgan fingerprint density at radius 1 is 1.29 bits per heavy atom. The van der Waals surface area contributed by atoms with Crippen molar-refractivity contribution in [3.63, 3.8) is 0 Å². The first-order valence-electron chi connectivity index (χ1n) is 8.40. The maximum atomic E-state index is 13.8. The van der Waals surface area contributed by atoms with Crippen molar-refractivity contribution in [3.8, 4) is 0 Å². The Bertz CT molecular complexity index is 876. The third-order valence-corrected chi connectivity index (χ3v) is 5.23. The summed E-state index contributed by atoms with van der Waals surface area (Å²) >= 11 is 0. The molecule has 1 atom stereocenters. The Hall–Kier alpha value is -2.23. The zero-order valence-corrected chi connectivity index (χ0v) is 14.2. The lowest BCUT2D eigenvalue weighted by Gasteiger charge is -2.38. The molecule has 1 heterocycles. The second-order valence-corrected chi connectivity index (χ2v) is 7.83. The zero-order valence-electron chi connectivity index (χ0n) is 14.2. The normalized spacial score (nSPS) is 22.3. The molecule has 0 amide bonds. The van der Waals surface area contributed by atoms with Gasteiger partial charge in [0.1, 0.15) is 5.82 Å². The number of hydrogen-bond acceptors (Lipinski definition) is 2. The summed E-state index contributed by atoms with van der Waals surface area (Å²) in [5.74, 6) is -0.282. The number of ketones is 1. The molecule has 1 aromatic heterocycles. The van der Waals surface area contributed by atoms with Crippen molar-refractivity contribution in [1.29, 1.82) is 0 Å². The van der Waals surface area contributed by atoms with Crippen molar-refractivity contribution in [2.75, 3.05) is 0 Å². The number of halogens is 1. The van der Waals surface area contributed by atoms with Crippen molar-refractivity contribution < 1.29 is 9.18 Å². The Morgan fingerprint density at radius 2 is 2.08 bits per heavy atom. The number of benzene rings is 1. The van der Waals surface area contributed by atoms with E-state index in [1.54, 1.807) is 12.1 Å². The summed E-state index contributed by atoms with van der Waals surface area (Å²) in [5.41, 5.74) is 5.86. The van der Waals surface area contributed by atoms with Crippen molar-refractivity contribution >= 4 is 5.78 Å². The zero-order chi connectivity index (χ0) is 17.1. The van der Waals surface area contributed by atoms with Gasteiger partial charge in [0.2, 0.25) is 0 Å². The molecule has 0 saturated carbocycles.